The van der Waals surface area contributed by atoms with E-state index in [1.165, 1.54) is 32.8 Å². The summed E-state index contributed by atoms with van der Waals surface area (Å²) in [7, 11) is -2.04. The third-order valence-electron chi connectivity index (χ3n) is 5.13. The molecular weight excluding hydrogens is 286 g/mol. The third kappa shape index (κ3) is 2.81. The van der Waals surface area contributed by atoms with Crippen LogP contribution in [0.4, 0.5) is 0 Å². The van der Waals surface area contributed by atoms with Gasteiger partial charge in [-0.3, -0.25) is 0 Å². The SMILES string of the molecule is COc1ccccc1S(=O)(=O)N[C@H](C)[C@H]1C[C@H]2CC[C@H]1C2. The van der Waals surface area contributed by atoms with Crippen molar-refractivity contribution in [3.63, 3.8) is 0 Å². The van der Waals surface area contributed by atoms with E-state index in [0.717, 1.165) is 5.92 Å². The fourth-order valence-corrected chi connectivity index (χ4v) is 5.61. The lowest BCUT2D eigenvalue weighted by molar-refractivity contribution is 0.280. The number of hydrogen-bond acceptors (Lipinski definition) is 3. The molecule has 2 aliphatic carbocycles. The Morgan fingerprint density at radius 1 is 1.24 bits per heavy atom. The molecule has 0 amide bonds. The van der Waals surface area contributed by atoms with Gasteiger partial charge in [-0.25, -0.2) is 13.1 Å². The minimum absolute atomic E-state index is 0.0183. The zero-order valence-corrected chi connectivity index (χ0v) is 13.4. The molecule has 0 aromatic heterocycles. The molecule has 2 bridgehead atoms. The highest BCUT2D eigenvalue weighted by Crippen LogP contribution is 2.49. The number of methoxy groups -OCH3 is 1. The monoisotopic (exact) mass is 309 g/mol. The van der Waals surface area contributed by atoms with Crippen molar-refractivity contribution in [3.05, 3.63) is 24.3 Å². The Labute approximate surface area is 126 Å². The van der Waals surface area contributed by atoms with Crippen LogP contribution in [0.3, 0.4) is 0 Å². The molecule has 0 spiro atoms. The van der Waals surface area contributed by atoms with Gasteiger partial charge in [0, 0.05) is 6.04 Å². The van der Waals surface area contributed by atoms with Crippen LogP contribution in [0.25, 0.3) is 0 Å². The normalized spacial score (nSPS) is 29.5. The molecule has 0 heterocycles. The third-order valence-corrected chi connectivity index (χ3v) is 6.73. The van der Waals surface area contributed by atoms with Crippen LogP contribution in [-0.2, 0) is 10.0 Å². The molecule has 2 aliphatic rings. The maximum atomic E-state index is 12.6. The van der Waals surface area contributed by atoms with Gasteiger partial charge in [0.25, 0.3) is 0 Å². The van der Waals surface area contributed by atoms with Gasteiger partial charge in [0.05, 0.1) is 7.11 Å². The minimum Gasteiger partial charge on any atom is -0.495 e. The zero-order valence-electron chi connectivity index (χ0n) is 12.6. The van der Waals surface area contributed by atoms with Crippen LogP contribution in [0, 0.1) is 17.8 Å². The van der Waals surface area contributed by atoms with Gasteiger partial charge < -0.3 is 4.74 Å². The zero-order chi connectivity index (χ0) is 15.0. The summed E-state index contributed by atoms with van der Waals surface area (Å²) in [6.45, 7) is 2.00. The Morgan fingerprint density at radius 2 is 2.00 bits per heavy atom. The molecular formula is C16H23NO3S. The number of sulfonamides is 1. The van der Waals surface area contributed by atoms with E-state index in [-0.39, 0.29) is 10.9 Å². The molecule has 1 aromatic carbocycles. The molecule has 0 aliphatic heterocycles. The van der Waals surface area contributed by atoms with Gasteiger partial charge in [0.1, 0.15) is 10.6 Å². The van der Waals surface area contributed by atoms with Crippen molar-refractivity contribution >= 4 is 10.0 Å². The molecule has 4 atom stereocenters. The van der Waals surface area contributed by atoms with Crippen LogP contribution in [0.1, 0.15) is 32.6 Å². The highest BCUT2D eigenvalue weighted by atomic mass is 32.2. The van der Waals surface area contributed by atoms with Gasteiger partial charge in [-0.1, -0.05) is 18.6 Å². The molecule has 1 N–H and O–H groups in total. The van der Waals surface area contributed by atoms with E-state index in [2.05, 4.69) is 4.72 Å². The van der Waals surface area contributed by atoms with E-state index >= 15 is 0 Å². The van der Waals surface area contributed by atoms with E-state index in [1.807, 2.05) is 6.92 Å². The van der Waals surface area contributed by atoms with Crippen molar-refractivity contribution in [3.8, 4) is 5.75 Å². The molecule has 5 heteroatoms. The highest BCUT2D eigenvalue weighted by Gasteiger charge is 2.42. The summed E-state index contributed by atoms with van der Waals surface area (Å²) in [6, 6.07) is 6.75. The van der Waals surface area contributed by atoms with Crippen molar-refractivity contribution in [2.24, 2.45) is 17.8 Å². The van der Waals surface area contributed by atoms with E-state index in [1.54, 1.807) is 24.3 Å². The van der Waals surface area contributed by atoms with Crippen molar-refractivity contribution in [1.82, 2.24) is 4.72 Å². The molecule has 3 rings (SSSR count). The van der Waals surface area contributed by atoms with Crippen LogP contribution in [0.2, 0.25) is 0 Å². The van der Waals surface area contributed by atoms with Crippen LogP contribution in [-0.4, -0.2) is 21.6 Å². The summed E-state index contributed by atoms with van der Waals surface area (Å²) >= 11 is 0. The van der Waals surface area contributed by atoms with Gasteiger partial charge in [0.2, 0.25) is 10.0 Å². The lowest BCUT2D eigenvalue weighted by Crippen LogP contribution is -2.40. The van der Waals surface area contributed by atoms with Crippen LogP contribution >= 0.6 is 0 Å². The first-order chi connectivity index (χ1) is 10.0. The van der Waals surface area contributed by atoms with Gasteiger partial charge >= 0.3 is 0 Å². The Bertz CT molecular complexity index is 614. The molecule has 2 fully saturated rings. The summed E-state index contributed by atoms with van der Waals surface area (Å²) in [4.78, 5) is 0.225. The average Bonchev–Trinajstić information content (AvgIpc) is 3.09. The van der Waals surface area contributed by atoms with E-state index in [4.69, 9.17) is 4.74 Å². The fourth-order valence-electron chi connectivity index (χ4n) is 4.14. The second kappa shape index (κ2) is 5.61. The quantitative estimate of drug-likeness (QED) is 0.910. The molecule has 21 heavy (non-hydrogen) atoms. The van der Waals surface area contributed by atoms with E-state index in [9.17, 15) is 8.42 Å². The number of nitrogens with one attached hydrogen (secondary N) is 1. The van der Waals surface area contributed by atoms with Gasteiger partial charge in [-0.05, 0) is 56.1 Å². The Morgan fingerprint density at radius 3 is 2.62 bits per heavy atom. The Balaban J connectivity index is 1.77. The predicted octanol–water partition coefficient (Wildman–Crippen LogP) is 2.80. The number of ether oxygens (including phenoxy) is 1. The first-order valence-electron chi connectivity index (χ1n) is 7.66. The topological polar surface area (TPSA) is 55.4 Å². The number of rotatable bonds is 5. The second-order valence-corrected chi connectivity index (χ2v) is 8.08. The molecule has 4 nitrogen and oxygen atoms in total. The maximum Gasteiger partial charge on any atom is 0.244 e. The van der Waals surface area contributed by atoms with Crippen molar-refractivity contribution in [2.45, 2.75) is 43.5 Å². The minimum atomic E-state index is -3.53. The smallest absolute Gasteiger partial charge is 0.244 e. The summed E-state index contributed by atoms with van der Waals surface area (Å²) in [6.07, 6.45) is 5.04. The van der Waals surface area contributed by atoms with Gasteiger partial charge in [-0.15, -0.1) is 0 Å². The largest absolute Gasteiger partial charge is 0.495 e. The molecule has 0 unspecified atom stereocenters. The number of fused-ring (bicyclic) bond motifs is 2. The first kappa shape index (κ1) is 14.9. The lowest BCUT2D eigenvalue weighted by Gasteiger charge is -2.28. The summed E-state index contributed by atoms with van der Waals surface area (Å²) in [5, 5.41) is 0. The van der Waals surface area contributed by atoms with Crippen molar-refractivity contribution in [1.29, 1.82) is 0 Å². The summed E-state index contributed by atoms with van der Waals surface area (Å²) < 4.78 is 33.2. The van der Waals surface area contributed by atoms with Crippen molar-refractivity contribution in [2.75, 3.05) is 7.11 Å². The predicted molar refractivity (Wildman–Crippen MR) is 81.7 cm³/mol. The Kier molecular flexibility index (Phi) is 3.97. The summed E-state index contributed by atoms with van der Waals surface area (Å²) in [5.41, 5.74) is 0. The number of benzene rings is 1. The van der Waals surface area contributed by atoms with E-state index in [0.29, 0.717) is 17.6 Å². The highest BCUT2D eigenvalue weighted by molar-refractivity contribution is 7.89. The summed E-state index contributed by atoms with van der Waals surface area (Å²) in [5.74, 6) is 2.39. The maximum absolute atomic E-state index is 12.6. The van der Waals surface area contributed by atoms with Crippen molar-refractivity contribution < 1.29 is 13.2 Å². The van der Waals surface area contributed by atoms with Crippen LogP contribution in [0.15, 0.2) is 29.2 Å². The molecule has 0 radical (unpaired) electrons. The van der Waals surface area contributed by atoms with Crippen LogP contribution < -0.4 is 9.46 Å². The van der Waals surface area contributed by atoms with Gasteiger partial charge in [-0.2, -0.15) is 0 Å². The standard InChI is InChI=1S/C16H23NO3S/c1-11(14-10-12-7-8-13(14)9-12)17-21(18,19)16-6-4-3-5-15(16)20-2/h3-6,11-14,17H,7-10H2,1-2H3/t11-,12+,13+,14-/m1/s1. The Hall–Kier alpha value is -1.07. The molecule has 2 saturated carbocycles. The molecule has 0 saturated heterocycles. The van der Waals surface area contributed by atoms with Crippen LogP contribution in [0.5, 0.6) is 5.75 Å². The first-order valence-corrected chi connectivity index (χ1v) is 9.15. The number of para-hydroxylation sites is 1. The fraction of sp³-hybridized carbons (Fsp3) is 0.625. The molecule has 116 valence electrons. The number of hydrogen-bond donors (Lipinski definition) is 1. The second-order valence-electron chi connectivity index (χ2n) is 6.40. The lowest BCUT2D eigenvalue weighted by atomic mass is 9.84. The average molecular weight is 309 g/mol. The van der Waals surface area contributed by atoms with E-state index < -0.39 is 10.0 Å². The molecule has 1 aromatic rings. The van der Waals surface area contributed by atoms with Gasteiger partial charge in [0.15, 0.2) is 0 Å².